The normalized spacial score (nSPS) is 17.3. The Morgan fingerprint density at radius 3 is 2.27 bits per heavy atom. The molecule has 2 aromatic heterocycles. The van der Waals surface area contributed by atoms with E-state index >= 15 is 4.39 Å². The lowest BCUT2D eigenvalue weighted by atomic mass is 10.1. The van der Waals surface area contributed by atoms with Crippen LogP contribution in [0.4, 0.5) is 27.4 Å². The topological polar surface area (TPSA) is 138 Å². The Labute approximate surface area is 279 Å². The van der Waals surface area contributed by atoms with Crippen molar-refractivity contribution in [1.29, 1.82) is 0 Å². The largest absolute Gasteiger partial charge is 0.477 e. The number of benzene rings is 2. The van der Waals surface area contributed by atoms with E-state index in [1.54, 1.807) is 18.2 Å². The van der Waals surface area contributed by atoms with E-state index in [2.05, 4.69) is 14.7 Å². The minimum Gasteiger partial charge on any atom is -0.477 e. The van der Waals surface area contributed by atoms with E-state index in [9.17, 15) is 24.8 Å². The van der Waals surface area contributed by atoms with E-state index < -0.39 is 22.1 Å². The van der Waals surface area contributed by atoms with Crippen molar-refractivity contribution in [3.63, 3.8) is 0 Å². The Bertz CT molecular complexity index is 2010. The van der Waals surface area contributed by atoms with Crippen LogP contribution in [0.2, 0.25) is 0 Å². The van der Waals surface area contributed by atoms with Gasteiger partial charge in [0.1, 0.15) is 11.4 Å². The van der Waals surface area contributed by atoms with Crippen molar-refractivity contribution in [1.82, 2.24) is 23.8 Å². The molecule has 1 saturated carbocycles. The smallest absolute Gasteiger partial charge is 0.341 e. The number of carboxylic acid groups (broad SMARTS) is 1. The van der Waals surface area contributed by atoms with Crippen molar-refractivity contribution in [3.05, 3.63) is 79.1 Å². The van der Waals surface area contributed by atoms with Gasteiger partial charge in [-0.15, -0.1) is 5.10 Å². The highest BCUT2D eigenvalue weighted by Crippen LogP contribution is 2.38. The number of rotatable bonds is 9. The van der Waals surface area contributed by atoms with E-state index in [-0.39, 0.29) is 22.7 Å². The summed E-state index contributed by atoms with van der Waals surface area (Å²) in [4.78, 5) is 43.8. The first-order valence-electron chi connectivity index (χ1n) is 16.1. The zero-order valence-corrected chi connectivity index (χ0v) is 27.3. The van der Waals surface area contributed by atoms with Gasteiger partial charge in [-0.1, -0.05) is 0 Å². The summed E-state index contributed by atoms with van der Waals surface area (Å²) < 4.78 is 21.8. The van der Waals surface area contributed by atoms with Crippen LogP contribution in [0, 0.1) is 20.7 Å². The molecule has 4 heterocycles. The molecule has 3 aliphatic rings. The number of piperazine rings is 2. The molecule has 1 N–H and O–H groups in total. The summed E-state index contributed by atoms with van der Waals surface area (Å²) in [6, 6.07) is 9.62. The van der Waals surface area contributed by atoms with E-state index in [0.717, 1.165) is 50.7 Å². The van der Waals surface area contributed by atoms with Crippen LogP contribution in [0.25, 0.3) is 10.9 Å². The third kappa shape index (κ3) is 5.89. The molecule has 0 spiro atoms. The number of hydrogen-bond donors (Lipinski definition) is 1. The van der Waals surface area contributed by atoms with Crippen LogP contribution >= 0.6 is 12.2 Å². The van der Waals surface area contributed by atoms with Crippen molar-refractivity contribution in [2.45, 2.75) is 39.0 Å². The summed E-state index contributed by atoms with van der Waals surface area (Å²) in [7, 11) is 0. The lowest BCUT2D eigenvalue weighted by Gasteiger charge is -2.36. The average Bonchev–Trinajstić information content (AvgIpc) is 3.89. The SMILES string of the molecule is CCn1c(N2CCN(c3ccc([N+](=O)[O-])cc3)CC2)nn(CN2CCN(c3cc4c(cc3F)c(=O)c(C(=O)O)cn4C3CC3)CC2)c1=S. The summed E-state index contributed by atoms with van der Waals surface area (Å²) in [5.41, 5.74) is 0.978. The Morgan fingerprint density at radius 2 is 1.67 bits per heavy atom. The molecule has 0 radical (unpaired) electrons. The monoisotopic (exact) mass is 677 g/mol. The van der Waals surface area contributed by atoms with Crippen LogP contribution in [0.15, 0.2) is 47.4 Å². The molecule has 0 amide bonds. The molecule has 2 aliphatic heterocycles. The first-order valence-corrected chi connectivity index (χ1v) is 16.5. The van der Waals surface area contributed by atoms with Crippen molar-refractivity contribution < 1.29 is 19.2 Å². The van der Waals surface area contributed by atoms with E-state index in [0.29, 0.717) is 55.4 Å². The standard InChI is InChI=1S/C32H36FN9O5S/c1-2-39-31(38-15-13-36(14-16-38)21-3-7-23(8-4-21)42(46)47)34-41(32(39)48)20-35-9-11-37(12-10-35)28-18-27-24(17-26(28)33)29(43)25(30(44)45)19-40(27)22-5-6-22/h3-4,7-8,17-19,22H,2,5-6,9-16,20H2,1H3,(H,44,45). The number of anilines is 3. The third-order valence-electron chi connectivity index (χ3n) is 9.53. The number of aromatic carboxylic acids is 1. The molecule has 3 fully saturated rings. The summed E-state index contributed by atoms with van der Waals surface area (Å²) >= 11 is 5.84. The molecule has 1 aliphatic carbocycles. The fraction of sp³-hybridized carbons (Fsp3) is 0.438. The highest BCUT2D eigenvalue weighted by atomic mass is 32.1. The van der Waals surface area contributed by atoms with Gasteiger partial charge in [0, 0.05) is 94.3 Å². The van der Waals surface area contributed by atoms with Crippen molar-refractivity contribution in [2.75, 3.05) is 67.1 Å². The third-order valence-corrected chi connectivity index (χ3v) is 9.96. The Balaban J connectivity index is 1.02. The number of aromatic nitrogens is 4. The van der Waals surface area contributed by atoms with Gasteiger partial charge in [0.05, 0.1) is 22.8 Å². The van der Waals surface area contributed by atoms with Crippen LogP contribution in [0.1, 0.15) is 36.2 Å². The van der Waals surface area contributed by atoms with E-state index in [4.69, 9.17) is 17.3 Å². The molecule has 0 bridgehead atoms. The first-order chi connectivity index (χ1) is 23.1. The quantitative estimate of drug-likeness (QED) is 0.157. The number of nitro benzene ring substituents is 1. The van der Waals surface area contributed by atoms with Crippen LogP contribution in [0.5, 0.6) is 0 Å². The Kier molecular flexibility index (Phi) is 8.37. The van der Waals surface area contributed by atoms with Crippen LogP contribution in [-0.2, 0) is 13.2 Å². The molecule has 48 heavy (non-hydrogen) atoms. The van der Waals surface area contributed by atoms with Crippen LogP contribution in [-0.4, -0.2) is 92.2 Å². The lowest BCUT2D eigenvalue weighted by Crippen LogP contribution is -2.47. The molecular weight excluding hydrogens is 641 g/mol. The molecule has 2 saturated heterocycles. The van der Waals surface area contributed by atoms with Crippen molar-refractivity contribution >= 4 is 52.1 Å². The number of non-ortho nitro benzene ring substituents is 1. The van der Waals surface area contributed by atoms with Gasteiger partial charge < -0.3 is 24.4 Å². The van der Waals surface area contributed by atoms with Gasteiger partial charge in [0.15, 0.2) is 0 Å². The Morgan fingerprint density at radius 1 is 1.02 bits per heavy atom. The molecule has 4 aromatic rings. The molecule has 7 rings (SSSR count). The van der Waals surface area contributed by atoms with E-state index in [1.165, 1.54) is 24.4 Å². The molecular formula is C32H36FN9O5S. The summed E-state index contributed by atoms with van der Waals surface area (Å²) in [5, 5.41) is 25.6. The Hall–Kier alpha value is -4.83. The second kappa shape index (κ2) is 12.6. The maximum atomic E-state index is 15.5. The highest BCUT2D eigenvalue weighted by Gasteiger charge is 2.29. The molecule has 0 atom stereocenters. The zero-order valence-electron chi connectivity index (χ0n) is 26.5. The number of hydrogen-bond acceptors (Lipinski definition) is 10. The van der Waals surface area contributed by atoms with Crippen molar-refractivity contribution in [3.8, 4) is 0 Å². The molecule has 14 nitrogen and oxygen atoms in total. The summed E-state index contributed by atoms with van der Waals surface area (Å²) in [5.74, 6) is -1.04. The zero-order chi connectivity index (χ0) is 33.7. The van der Waals surface area contributed by atoms with Gasteiger partial charge in [-0.2, -0.15) is 0 Å². The highest BCUT2D eigenvalue weighted by molar-refractivity contribution is 7.71. The number of nitro groups is 1. The average molecular weight is 678 g/mol. The second-order valence-electron chi connectivity index (χ2n) is 12.5. The number of halogens is 1. The van der Waals surface area contributed by atoms with Gasteiger partial charge in [-0.25, -0.2) is 13.9 Å². The summed E-state index contributed by atoms with van der Waals surface area (Å²) in [6.45, 7) is 8.56. The number of nitrogens with zero attached hydrogens (tertiary/aromatic N) is 9. The number of fused-ring (bicyclic) bond motifs is 1. The van der Waals surface area contributed by atoms with Gasteiger partial charge in [0.2, 0.25) is 16.1 Å². The fourth-order valence-corrected chi connectivity index (χ4v) is 7.02. The van der Waals surface area contributed by atoms with Gasteiger partial charge in [-0.3, -0.25) is 24.4 Å². The van der Waals surface area contributed by atoms with E-state index in [1.807, 2.05) is 25.6 Å². The van der Waals surface area contributed by atoms with Gasteiger partial charge in [0.25, 0.3) is 5.69 Å². The minimum atomic E-state index is -1.31. The van der Waals surface area contributed by atoms with Crippen molar-refractivity contribution in [2.24, 2.45) is 0 Å². The van der Waals surface area contributed by atoms with Crippen LogP contribution < -0.4 is 20.1 Å². The maximum Gasteiger partial charge on any atom is 0.341 e. The lowest BCUT2D eigenvalue weighted by molar-refractivity contribution is -0.384. The number of pyridine rings is 1. The number of carbonyl (C=O) groups is 1. The minimum absolute atomic E-state index is 0.0743. The molecule has 252 valence electrons. The first kappa shape index (κ1) is 31.8. The fourth-order valence-electron chi connectivity index (χ4n) is 6.71. The van der Waals surface area contributed by atoms with Gasteiger partial charge >= 0.3 is 5.97 Å². The predicted octanol–water partition coefficient (Wildman–Crippen LogP) is 3.94. The molecule has 2 aromatic carbocycles. The summed E-state index contributed by atoms with van der Waals surface area (Å²) in [6.07, 6.45) is 3.17. The maximum absolute atomic E-state index is 15.5. The molecule has 16 heteroatoms. The second-order valence-corrected chi connectivity index (χ2v) is 12.8. The van der Waals surface area contributed by atoms with Crippen LogP contribution in [0.3, 0.4) is 0 Å². The predicted molar refractivity (Wildman–Crippen MR) is 181 cm³/mol. The van der Waals surface area contributed by atoms with Gasteiger partial charge in [-0.05, 0) is 56.2 Å². The number of carboxylic acids is 1. The molecule has 0 unspecified atom stereocenters.